The van der Waals surface area contributed by atoms with Crippen molar-refractivity contribution in [3.63, 3.8) is 0 Å². The van der Waals surface area contributed by atoms with Gasteiger partial charge in [0.05, 0.1) is 22.5 Å². The topological polar surface area (TPSA) is 141 Å². The molecule has 160 valence electrons. The highest BCUT2D eigenvalue weighted by atomic mass is 32.2. The molecule has 2 aromatic rings. The van der Waals surface area contributed by atoms with Gasteiger partial charge in [-0.15, -0.1) is 0 Å². The van der Waals surface area contributed by atoms with Crippen molar-refractivity contribution in [1.82, 2.24) is 0 Å². The third-order valence-electron chi connectivity index (χ3n) is 4.81. The highest BCUT2D eigenvalue weighted by Gasteiger charge is 2.41. The fourth-order valence-corrected chi connectivity index (χ4v) is 4.01. The molecule has 9 nitrogen and oxygen atoms in total. The molecule has 0 aliphatic carbocycles. The van der Waals surface area contributed by atoms with Crippen LogP contribution in [-0.2, 0) is 9.59 Å². The number of imide groups is 1. The lowest BCUT2D eigenvalue weighted by molar-refractivity contribution is -0.121. The van der Waals surface area contributed by atoms with Gasteiger partial charge < -0.3 is 15.5 Å². The van der Waals surface area contributed by atoms with E-state index in [-0.39, 0.29) is 23.2 Å². The van der Waals surface area contributed by atoms with Crippen molar-refractivity contribution in [1.29, 1.82) is 0 Å². The van der Waals surface area contributed by atoms with E-state index in [0.717, 1.165) is 34.2 Å². The van der Waals surface area contributed by atoms with E-state index >= 15 is 0 Å². The largest absolute Gasteiger partial charge is 0.478 e. The summed E-state index contributed by atoms with van der Waals surface area (Å²) < 4.78 is 0. The molecular formula is C21H18N2O7S. The quantitative estimate of drug-likeness (QED) is 0.619. The van der Waals surface area contributed by atoms with Crippen LogP contribution in [0.2, 0.25) is 0 Å². The minimum atomic E-state index is -1.35. The van der Waals surface area contributed by atoms with Crippen molar-refractivity contribution >= 4 is 52.1 Å². The second-order valence-corrected chi connectivity index (χ2v) is 8.09. The number of thioether (sulfide) groups is 1. The molecule has 1 fully saturated rings. The van der Waals surface area contributed by atoms with E-state index in [4.69, 9.17) is 5.11 Å². The highest BCUT2D eigenvalue weighted by Crippen LogP contribution is 2.34. The van der Waals surface area contributed by atoms with E-state index in [0.29, 0.717) is 17.4 Å². The summed E-state index contributed by atoms with van der Waals surface area (Å²) in [5.41, 5.74) is 1.62. The summed E-state index contributed by atoms with van der Waals surface area (Å²) in [6, 6.07) is 8.36. The van der Waals surface area contributed by atoms with Crippen LogP contribution in [0.1, 0.15) is 38.3 Å². The van der Waals surface area contributed by atoms with Crippen LogP contribution in [0.3, 0.4) is 0 Å². The number of amides is 3. The summed E-state index contributed by atoms with van der Waals surface area (Å²) in [5.74, 6) is -3.91. The van der Waals surface area contributed by atoms with Gasteiger partial charge in [0.25, 0.3) is 5.24 Å². The summed E-state index contributed by atoms with van der Waals surface area (Å²) in [6.07, 6.45) is -0.382. The lowest BCUT2D eigenvalue weighted by Crippen LogP contribution is -2.33. The highest BCUT2D eigenvalue weighted by molar-refractivity contribution is 8.15. The summed E-state index contributed by atoms with van der Waals surface area (Å²) in [5, 5.41) is 19.2. The van der Waals surface area contributed by atoms with Gasteiger partial charge >= 0.3 is 11.9 Å². The number of anilines is 2. The van der Waals surface area contributed by atoms with E-state index in [2.05, 4.69) is 5.32 Å². The first-order chi connectivity index (χ1) is 14.6. The number of carbonyl (C=O) groups is 5. The van der Waals surface area contributed by atoms with E-state index in [9.17, 15) is 29.1 Å². The molecule has 0 saturated carbocycles. The summed E-state index contributed by atoms with van der Waals surface area (Å²) in [6.45, 7) is 3.76. The first-order valence-corrected chi connectivity index (χ1v) is 9.98. The van der Waals surface area contributed by atoms with Crippen molar-refractivity contribution in [2.75, 3.05) is 10.2 Å². The Hall–Kier alpha value is -3.66. The van der Waals surface area contributed by atoms with Gasteiger partial charge in [-0.3, -0.25) is 14.4 Å². The molecule has 0 radical (unpaired) electrons. The number of aromatic carboxylic acids is 2. The number of benzene rings is 2. The Kier molecular flexibility index (Phi) is 6.11. The second-order valence-electron chi connectivity index (χ2n) is 6.94. The molecule has 2 aromatic carbocycles. The molecule has 1 unspecified atom stereocenters. The fraction of sp³-hybridized carbons (Fsp3) is 0.190. The number of hydrogen-bond acceptors (Lipinski definition) is 6. The second kappa shape index (κ2) is 8.60. The fourth-order valence-electron chi connectivity index (χ4n) is 3.02. The Balaban J connectivity index is 1.77. The van der Waals surface area contributed by atoms with Gasteiger partial charge in [-0.2, -0.15) is 0 Å². The minimum absolute atomic E-state index is 0.204. The maximum Gasteiger partial charge on any atom is 0.337 e. The van der Waals surface area contributed by atoms with Gasteiger partial charge in [0.1, 0.15) is 5.25 Å². The molecule has 31 heavy (non-hydrogen) atoms. The zero-order valence-electron chi connectivity index (χ0n) is 16.5. The van der Waals surface area contributed by atoms with E-state index in [1.54, 1.807) is 18.2 Å². The van der Waals surface area contributed by atoms with Crippen molar-refractivity contribution in [2.45, 2.75) is 25.5 Å². The zero-order valence-corrected chi connectivity index (χ0v) is 17.4. The first kappa shape index (κ1) is 22.0. The Bertz CT molecular complexity index is 1130. The van der Waals surface area contributed by atoms with Gasteiger partial charge in [-0.1, -0.05) is 6.07 Å². The molecular weight excluding hydrogens is 424 g/mol. The van der Waals surface area contributed by atoms with Gasteiger partial charge in [0, 0.05) is 6.42 Å². The van der Waals surface area contributed by atoms with Gasteiger partial charge in [0.2, 0.25) is 11.8 Å². The Morgan fingerprint density at radius 1 is 1.00 bits per heavy atom. The molecule has 1 aliphatic heterocycles. The Labute approximate surface area is 181 Å². The third-order valence-corrected chi connectivity index (χ3v) is 5.85. The van der Waals surface area contributed by atoms with E-state index in [1.807, 2.05) is 13.8 Å². The van der Waals surface area contributed by atoms with Crippen molar-refractivity contribution in [3.05, 3.63) is 58.7 Å². The molecule has 0 aromatic heterocycles. The number of rotatable bonds is 6. The van der Waals surface area contributed by atoms with Crippen LogP contribution in [0.25, 0.3) is 0 Å². The average molecular weight is 442 g/mol. The molecule has 1 heterocycles. The molecule has 0 spiro atoms. The van der Waals surface area contributed by atoms with Crippen LogP contribution in [0.15, 0.2) is 36.4 Å². The number of carboxylic acids is 2. The third kappa shape index (κ3) is 4.58. The molecule has 3 rings (SSSR count). The van der Waals surface area contributed by atoms with Gasteiger partial charge in [0.15, 0.2) is 0 Å². The first-order valence-electron chi connectivity index (χ1n) is 9.11. The monoisotopic (exact) mass is 442 g/mol. The number of carboxylic acid groups (broad SMARTS) is 2. The van der Waals surface area contributed by atoms with Crippen molar-refractivity contribution < 1.29 is 34.2 Å². The maximum absolute atomic E-state index is 12.8. The molecule has 1 aliphatic rings. The van der Waals surface area contributed by atoms with Crippen LogP contribution in [0.5, 0.6) is 0 Å². The van der Waals surface area contributed by atoms with Crippen LogP contribution in [-0.4, -0.2) is 44.5 Å². The summed E-state index contributed by atoms with van der Waals surface area (Å²) in [4.78, 5) is 61.1. The van der Waals surface area contributed by atoms with Crippen molar-refractivity contribution in [3.8, 4) is 0 Å². The molecule has 3 N–H and O–H groups in total. The van der Waals surface area contributed by atoms with Crippen LogP contribution >= 0.6 is 11.8 Å². The average Bonchev–Trinajstić information content (AvgIpc) is 2.96. The smallest absolute Gasteiger partial charge is 0.337 e. The molecule has 1 saturated heterocycles. The normalized spacial score (nSPS) is 15.8. The molecule has 10 heteroatoms. The van der Waals surface area contributed by atoms with E-state index < -0.39 is 34.2 Å². The summed E-state index contributed by atoms with van der Waals surface area (Å²) in [7, 11) is 0. The van der Waals surface area contributed by atoms with Gasteiger partial charge in [-0.25, -0.2) is 14.5 Å². The number of nitrogens with one attached hydrogen (secondary N) is 1. The zero-order chi connectivity index (χ0) is 22.9. The molecule has 3 amide bonds. The lowest BCUT2D eigenvalue weighted by Gasteiger charge is -2.15. The number of aryl methyl sites for hydroxylation is 2. The Morgan fingerprint density at radius 2 is 1.71 bits per heavy atom. The number of nitrogens with zero attached hydrogens (tertiary/aromatic N) is 1. The standard InChI is InChI=1S/C21H18N2O7S/c1-10-3-5-13(7-11(10)2)23-18(25)16(31-21(23)30)9-17(24)22-15-8-12(19(26)27)4-6-14(15)20(28)29/h3-8,16H,9H2,1-2H3,(H,22,24)(H,26,27)(H,28,29). The number of carbonyl (C=O) groups excluding carboxylic acids is 3. The Morgan fingerprint density at radius 3 is 2.32 bits per heavy atom. The van der Waals surface area contributed by atoms with Crippen LogP contribution < -0.4 is 10.2 Å². The molecule has 0 bridgehead atoms. The minimum Gasteiger partial charge on any atom is -0.478 e. The summed E-state index contributed by atoms with van der Waals surface area (Å²) >= 11 is 0.710. The van der Waals surface area contributed by atoms with Crippen LogP contribution in [0.4, 0.5) is 16.2 Å². The van der Waals surface area contributed by atoms with E-state index in [1.165, 1.54) is 0 Å². The van der Waals surface area contributed by atoms with Gasteiger partial charge in [-0.05, 0) is 67.1 Å². The predicted octanol–water partition coefficient (Wildman–Crippen LogP) is 3.30. The van der Waals surface area contributed by atoms with Crippen molar-refractivity contribution in [2.24, 2.45) is 0 Å². The van der Waals surface area contributed by atoms with Crippen LogP contribution in [0, 0.1) is 13.8 Å². The SMILES string of the molecule is Cc1ccc(N2C(=O)SC(CC(=O)Nc3cc(C(=O)O)ccc3C(=O)O)C2=O)cc1C. The predicted molar refractivity (Wildman–Crippen MR) is 114 cm³/mol. The lowest BCUT2D eigenvalue weighted by atomic mass is 10.1. The molecule has 1 atom stereocenters. The maximum atomic E-state index is 12.8. The number of hydrogen-bond donors (Lipinski definition) is 3.